The summed E-state index contributed by atoms with van der Waals surface area (Å²) in [5, 5.41) is 5.89. The molecule has 1 amide bonds. The van der Waals surface area contributed by atoms with E-state index in [0.717, 1.165) is 5.56 Å². The third kappa shape index (κ3) is 4.50. The minimum atomic E-state index is -0.206. The van der Waals surface area contributed by atoms with E-state index in [1.807, 2.05) is 25.1 Å². The van der Waals surface area contributed by atoms with Crippen molar-refractivity contribution in [1.29, 1.82) is 0 Å². The van der Waals surface area contributed by atoms with Crippen molar-refractivity contribution in [3.05, 3.63) is 35.9 Å². The van der Waals surface area contributed by atoms with E-state index in [1.165, 1.54) is 21.3 Å². The molecule has 0 unspecified atom stereocenters. The van der Waals surface area contributed by atoms with E-state index in [2.05, 4.69) is 10.6 Å². The number of carbonyl (C=O) groups is 1. The Morgan fingerprint density at radius 2 is 1.50 bits per heavy atom. The Hall–Kier alpha value is -3.09. The molecule has 0 bridgehead atoms. The van der Waals surface area contributed by atoms with E-state index in [0.29, 0.717) is 34.4 Å². The van der Waals surface area contributed by atoms with E-state index >= 15 is 0 Å². The minimum absolute atomic E-state index is 0.0652. The van der Waals surface area contributed by atoms with Crippen LogP contribution in [0.2, 0.25) is 0 Å². The van der Waals surface area contributed by atoms with Crippen molar-refractivity contribution >= 4 is 17.3 Å². The molecule has 2 aromatic rings. The van der Waals surface area contributed by atoms with E-state index in [-0.39, 0.29) is 12.5 Å². The number of carbonyl (C=O) groups excluding carboxylic acids is 1. The van der Waals surface area contributed by atoms with Gasteiger partial charge in [-0.05, 0) is 24.6 Å². The summed E-state index contributed by atoms with van der Waals surface area (Å²) < 4.78 is 21.2. The standard InChI is InChI=1S/C19H24N2O5/c1-12-6-7-15(23-2)14(8-12)21-18(22)11-20-13-9-16(24-3)19(26-5)17(10-13)25-4/h6-10,20H,11H2,1-5H3,(H,21,22). The molecule has 0 atom stereocenters. The van der Waals surface area contributed by atoms with Crippen LogP contribution in [0.5, 0.6) is 23.0 Å². The molecule has 0 radical (unpaired) electrons. The van der Waals surface area contributed by atoms with Crippen LogP contribution in [0.15, 0.2) is 30.3 Å². The fraction of sp³-hybridized carbons (Fsp3) is 0.316. The van der Waals surface area contributed by atoms with Crippen molar-refractivity contribution in [3.63, 3.8) is 0 Å². The highest BCUT2D eigenvalue weighted by molar-refractivity contribution is 5.95. The molecule has 0 fully saturated rings. The Balaban J connectivity index is 2.09. The summed E-state index contributed by atoms with van der Waals surface area (Å²) in [7, 11) is 6.18. The fourth-order valence-corrected chi connectivity index (χ4v) is 2.48. The van der Waals surface area contributed by atoms with Gasteiger partial charge in [-0.3, -0.25) is 4.79 Å². The number of hydrogen-bond donors (Lipinski definition) is 2. The third-order valence-electron chi connectivity index (χ3n) is 3.75. The molecule has 7 heteroatoms. The highest BCUT2D eigenvalue weighted by Gasteiger charge is 2.14. The lowest BCUT2D eigenvalue weighted by Gasteiger charge is -2.15. The third-order valence-corrected chi connectivity index (χ3v) is 3.75. The first-order valence-corrected chi connectivity index (χ1v) is 8.00. The van der Waals surface area contributed by atoms with Gasteiger partial charge >= 0.3 is 0 Å². The van der Waals surface area contributed by atoms with Gasteiger partial charge in [0, 0.05) is 17.8 Å². The molecule has 140 valence electrons. The van der Waals surface area contributed by atoms with Gasteiger partial charge in [0.2, 0.25) is 11.7 Å². The SMILES string of the molecule is COc1ccc(C)cc1NC(=O)CNc1cc(OC)c(OC)c(OC)c1. The summed E-state index contributed by atoms with van der Waals surface area (Å²) in [5.41, 5.74) is 2.33. The lowest BCUT2D eigenvalue weighted by molar-refractivity contribution is -0.114. The van der Waals surface area contributed by atoms with Crippen LogP contribution in [0.1, 0.15) is 5.56 Å². The second kappa shape index (κ2) is 8.84. The molecular formula is C19H24N2O5. The van der Waals surface area contributed by atoms with Crippen molar-refractivity contribution in [1.82, 2.24) is 0 Å². The number of amides is 1. The van der Waals surface area contributed by atoms with Crippen LogP contribution in [-0.2, 0) is 4.79 Å². The predicted molar refractivity (Wildman–Crippen MR) is 101 cm³/mol. The van der Waals surface area contributed by atoms with Gasteiger partial charge in [-0.15, -0.1) is 0 Å². The van der Waals surface area contributed by atoms with Crippen LogP contribution >= 0.6 is 0 Å². The van der Waals surface area contributed by atoms with E-state index in [9.17, 15) is 4.79 Å². The maximum absolute atomic E-state index is 12.3. The minimum Gasteiger partial charge on any atom is -0.495 e. The van der Waals surface area contributed by atoms with Crippen LogP contribution < -0.4 is 29.6 Å². The summed E-state index contributed by atoms with van der Waals surface area (Å²) >= 11 is 0. The monoisotopic (exact) mass is 360 g/mol. The predicted octanol–water partition coefficient (Wildman–Crippen LogP) is 3.08. The normalized spacial score (nSPS) is 10.0. The van der Waals surface area contributed by atoms with E-state index < -0.39 is 0 Å². The number of benzene rings is 2. The Morgan fingerprint density at radius 3 is 2.04 bits per heavy atom. The van der Waals surface area contributed by atoms with Gasteiger partial charge in [-0.2, -0.15) is 0 Å². The van der Waals surface area contributed by atoms with Gasteiger partial charge in [0.1, 0.15) is 5.75 Å². The first-order valence-electron chi connectivity index (χ1n) is 8.00. The zero-order valence-corrected chi connectivity index (χ0v) is 15.6. The second-order valence-corrected chi connectivity index (χ2v) is 5.52. The lowest BCUT2D eigenvalue weighted by atomic mass is 10.2. The first kappa shape index (κ1) is 19.2. The number of rotatable bonds is 8. The molecule has 0 aliphatic rings. The average Bonchev–Trinajstić information content (AvgIpc) is 2.65. The zero-order valence-electron chi connectivity index (χ0n) is 15.6. The van der Waals surface area contributed by atoms with Crippen molar-refractivity contribution in [3.8, 4) is 23.0 Å². The number of hydrogen-bond acceptors (Lipinski definition) is 6. The maximum atomic E-state index is 12.3. The molecule has 0 saturated carbocycles. The number of ether oxygens (including phenoxy) is 4. The van der Waals surface area contributed by atoms with Crippen LogP contribution in [0.3, 0.4) is 0 Å². The second-order valence-electron chi connectivity index (χ2n) is 5.52. The molecule has 2 N–H and O–H groups in total. The Labute approximate surface area is 153 Å². The van der Waals surface area contributed by atoms with Gasteiger partial charge < -0.3 is 29.6 Å². The van der Waals surface area contributed by atoms with Crippen LogP contribution in [0.4, 0.5) is 11.4 Å². The Kier molecular flexibility index (Phi) is 6.54. The largest absolute Gasteiger partial charge is 0.495 e. The molecule has 7 nitrogen and oxygen atoms in total. The summed E-state index contributed by atoms with van der Waals surface area (Å²) in [5.74, 6) is 1.92. The molecule has 0 aliphatic carbocycles. The van der Waals surface area contributed by atoms with Gasteiger partial charge in [-0.25, -0.2) is 0 Å². The summed E-state index contributed by atoms with van der Waals surface area (Å²) in [6.07, 6.45) is 0. The van der Waals surface area contributed by atoms with Crippen molar-refractivity contribution in [2.75, 3.05) is 45.6 Å². The van der Waals surface area contributed by atoms with E-state index in [1.54, 1.807) is 19.2 Å². The zero-order chi connectivity index (χ0) is 19.1. The highest BCUT2D eigenvalue weighted by atomic mass is 16.5. The van der Waals surface area contributed by atoms with Crippen LogP contribution in [0, 0.1) is 6.92 Å². The number of anilines is 2. The molecule has 0 aliphatic heterocycles. The quantitative estimate of drug-likeness (QED) is 0.753. The molecule has 26 heavy (non-hydrogen) atoms. The lowest BCUT2D eigenvalue weighted by Crippen LogP contribution is -2.22. The van der Waals surface area contributed by atoms with Crippen LogP contribution in [0.25, 0.3) is 0 Å². The maximum Gasteiger partial charge on any atom is 0.243 e. The van der Waals surface area contributed by atoms with E-state index in [4.69, 9.17) is 18.9 Å². The number of methoxy groups -OCH3 is 4. The van der Waals surface area contributed by atoms with Crippen molar-refractivity contribution in [2.24, 2.45) is 0 Å². The molecular weight excluding hydrogens is 336 g/mol. The molecule has 0 heterocycles. The van der Waals surface area contributed by atoms with Gasteiger partial charge in [0.15, 0.2) is 11.5 Å². The van der Waals surface area contributed by atoms with Crippen LogP contribution in [-0.4, -0.2) is 40.9 Å². The molecule has 2 rings (SSSR count). The fourth-order valence-electron chi connectivity index (χ4n) is 2.48. The molecule has 0 spiro atoms. The molecule has 0 saturated heterocycles. The van der Waals surface area contributed by atoms with Gasteiger partial charge in [0.25, 0.3) is 0 Å². The highest BCUT2D eigenvalue weighted by Crippen LogP contribution is 2.39. The van der Waals surface area contributed by atoms with Gasteiger partial charge in [0.05, 0.1) is 40.7 Å². The topological polar surface area (TPSA) is 78.1 Å². The Morgan fingerprint density at radius 1 is 0.885 bits per heavy atom. The number of aryl methyl sites for hydroxylation is 1. The number of nitrogens with one attached hydrogen (secondary N) is 2. The smallest absolute Gasteiger partial charge is 0.243 e. The summed E-state index contributed by atoms with van der Waals surface area (Å²) in [4.78, 5) is 12.3. The molecule has 2 aromatic carbocycles. The molecule has 0 aromatic heterocycles. The summed E-state index contributed by atoms with van der Waals surface area (Å²) in [6, 6.07) is 9.07. The van der Waals surface area contributed by atoms with Crippen molar-refractivity contribution < 1.29 is 23.7 Å². The van der Waals surface area contributed by atoms with Crippen molar-refractivity contribution in [2.45, 2.75) is 6.92 Å². The summed E-state index contributed by atoms with van der Waals surface area (Å²) in [6.45, 7) is 2.01. The first-order chi connectivity index (χ1) is 12.5. The average molecular weight is 360 g/mol. The van der Waals surface area contributed by atoms with Gasteiger partial charge in [-0.1, -0.05) is 6.07 Å². The Bertz CT molecular complexity index is 752.